The largest absolute Gasteiger partial charge is 0.318 e. The van der Waals surface area contributed by atoms with Gasteiger partial charge < -0.3 is 11.1 Å². The highest BCUT2D eigenvalue weighted by Crippen LogP contribution is 2.26. The van der Waals surface area contributed by atoms with Crippen LogP contribution in [-0.2, 0) is 4.79 Å². The summed E-state index contributed by atoms with van der Waals surface area (Å²) in [6.07, 6.45) is 1.53. The van der Waals surface area contributed by atoms with Gasteiger partial charge in [0.05, 0.1) is 15.8 Å². The number of rotatable bonds is 4. The predicted octanol–water partition coefficient (Wildman–Crippen LogP) is 3.17. The normalized spacial score (nSPS) is 13.6. The highest BCUT2D eigenvalue weighted by atomic mass is 35.5. The average molecular weight is 300 g/mol. The number of nitrogens with one attached hydrogen (secondary N) is 1. The molecular weight excluding hydrogens is 282 g/mol. The Morgan fingerprint density at radius 3 is 2.79 bits per heavy atom. The molecular formula is C13H18ClN3OS. The molecule has 0 aliphatic rings. The van der Waals surface area contributed by atoms with E-state index in [1.165, 1.54) is 11.3 Å². The third kappa shape index (κ3) is 3.65. The summed E-state index contributed by atoms with van der Waals surface area (Å²) >= 11 is 1.46. The maximum Gasteiger partial charge on any atom is 0.245 e. The molecule has 0 aliphatic carbocycles. The van der Waals surface area contributed by atoms with E-state index in [0.29, 0.717) is 11.6 Å². The number of aromatic nitrogens is 1. The second kappa shape index (κ2) is 6.32. The van der Waals surface area contributed by atoms with Crippen LogP contribution in [0.1, 0.15) is 26.7 Å². The van der Waals surface area contributed by atoms with E-state index in [1.54, 1.807) is 6.92 Å². The summed E-state index contributed by atoms with van der Waals surface area (Å²) in [6.45, 7) is 3.76. The summed E-state index contributed by atoms with van der Waals surface area (Å²) in [5, 5.41) is 3.41. The Balaban J connectivity index is 0.00000180. The van der Waals surface area contributed by atoms with Gasteiger partial charge >= 0.3 is 0 Å². The van der Waals surface area contributed by atoms with Crippen LogP contribution in [0, 0.1) is 0 Å². The monoisotopic (exact) mass is 299 g/mol. The maximum atomic E-state index is 12.0. The van der Waals surface area contributed by atoms with Crippen molar-refractivity contribution in [2.75, 3.05) is 5.32 Å². The van der Waals surface area contributed by atoms with Crippen LogP contribution in [0.4, 0.5) is 5.13 Å². The van der Waals surface area contributed by atoms with Crippen molar-refractivity contribution in [1.29, 1.82) is 0 Å². The minimum atomic E-state index is -0.841. The standard InChI is InChI=1S/C13H17N3OS.ClH/c1-3-8-13(2,14)11(17)16-12-15-9-6-4-5-7-10(9)18-12;/h4-7H,3,8,14H2,1-2H3,(H,15,16,17);1H. The molecule has 0 radical (unpaired) electrons. The van der Waals surface area contributed by atoms with Gasteiger partial charge in [0.25, 0.3) is 0 Å². The highest BCUT2D eigenvalue weighted by Gasteiger charge is 2.27. The van der Waals surface area contributed by atoms with Gasteiger partial charge in [0, 0.05) is 0 Å². The van der Waals surface area contributed by atoms with Gasteiger partial charge in [-0.3, -0.25) is 4.79 Å². The van der Waals surface area contributed by atoms with Crippen LogP contribution in [0.5, 0.6) is 0 Å². The molecule has 6 heteroatoms. The van der Waals surface area contributed by atoms with E-state index in [2.05, 4.69) is 10.3 Å². The highest BCUT2D eigenvalue weighted by molar-refractivity contribution is 7.22. The Morgan fingerprint density at radius 2 is 2.16 bits per heavy atom. The lowest BCUT2D eigenvalue weighted by Gasteiger charge is -2.21. The number of para-hydroxylation sites is 1. The number of nitrogens with zero attached hydrogens (tertiary/aromatic N) is 1. The van der Waals surface area contributed by atoms with E-state index in [4.69, 9.17) is 5.73 Å². The fourth-order valence-corrected chi connectivity index (χ4v) is 2.66. The lowest BCUT2D eigenvalue weighted by molar-refractivity contribution is -0.120. The van der Waals surface area contributed by atoms with Crippen molar-refractivity contribution in [3.8, 4) is 0 Å². The Hall–Kier alpha value is -1.17. The van der Waals surface area contributed by atoms with Crippen molar-refractivity contribution >= 4 is 45.0 Å². The lowest BCUT2D eigenvalue weighted by atomic mass is 9.97. The molecule has 1 aromatic carbocycles. The van der Waals surface area contributed by atoms with Crippen molar-refractivity contribution in [2.24, 2.45) is 5.73 Å². The Labute approximate surface area is 122 Å². The second-order valence-electron chi connectivity index (χ2n) is 4.61. The smallest absolute Gasteiger partial charge is 0.245 e. The number of nitrogens with two attached hydrogens (primary N) is 1. The van der Waals surface area contributed by atoms with E-state index in [-0.39, 0.29) is 18.3 Å². The summed E-state index contributed by atoms with van der Waals surface area (Å²) in [7, 11) is 0. The van der Waals surface area contributed by atoms with E-state index >= 15 is 0 Å². The Bertz CT molecular complexity index is 535. The summed E-state index contributed by atoms with van der Waals surface area (Å²) in [6, 6.07) is 7.79. The van der Waals surface area contributed by atoms with Crippen LogP contribution in [0.15, 0.2) is 24.3 Å². The summed E-state index contributed by atoms with van der Waals surface area (Å²) < 4.78 is 1.06. The number of hydrogen-bond acceptors (Lipinski definition) is 4. The minimum absolute atomic E-state index is 0. The molecule has 1 atom stereocenters. The zero-order valence-corrected chi connectivity index (χ0v) is 12.6. The van der Waals surface area contributed by atoms with E-state index < -0.39 is 5.54 Å². The van der Waals surface area contributed by atoms with E-state index in [1.807, 2.05) is 31.2 Å². The Kier molecular flexibility index (Phi) is 5.29. The fraction of sp³-hybridized carbons (Fsp3) is 0.385. The molecule has 2 rings (SSSR count). The number of halogens is 1. The molecule has 1 amide bonds. The molecule has 19 heavy (non-hydrogen) atoms. The van der Waals surface area contributed by atoms with Gasteiger partial charge in [-0.2, -0.15) is 0 Å². The van der Waals surface area contributed by atoms with Crippen LogP contribution >= 0.6 is 23.7 Å². The van der Waals surface area contributed by atoms with Gasteiger partial charge in [-0.1, -0.05) is 36.8 Å². The summed E-state index contributed by atoms with van der Waals surface area (Å²) in [5.41, 5.74) is 6.03. The van der Waals surface area contributed by atoms with Crippen molar-refractivity contribution in [1.82, 2.24) is 4.98 Å². The van der Waals surface area contributed by atoms with Crippen LogP contribution in [0.3, 0.4) is 0 Å². The molecule has 4 nitrogen and oxygen atoms in total. The van der Waals surface area contributed by atoms with Crippen molar-refractivity contribution in [3.05, 3.63) is 24.3 Å². The molecule has 1 aromatic heterocycles. The van der Waals surface area contributed by atoms with E-state index in [9.17, 15) is 4.79 Å². The number of carbonyl (C=O) groups is 1. The lowest BCUT2D eigenvalue weighted by Crippen LogP contribution is -2.48. The van der Waals surface area contributed by atoms with Crippen LogP contribution < -0.4 is 11.1 Å². The molecule has 0 saturated heterocycles. The molecule has 0 bridgehead atoms. The van der Waals surface area contributed by atoms with Gasteiger partial charge in [0.15, 0.2) is 5.13 Å². The fourth-order valence-electron chi connectivity index (χ4n) is 1.80. The molecule has 1 heterocycles. The number of carbonyl (C=O) groups excluding carboxylic acids is 1. The summed E-state index contributed by atoms with van der Waals surface area (Å²) in [4.78, 5) is 16.4. The second-order valence-corrected chi connectivity index (χ2v) is 5.64. The first-order valence-electron chi connectivity index (χ1n) is 5.99. The van der Waals surface area contributed by atoms with Gasteiger partial charge in [0.1, 0.15) is 0 Å². The molecule has 0 saturated carbocycles. The quantitative estimate of drug-likeness (QED) is 0.911. The molecule has 3 N–H and O–H groups in total. The molecule has 104 valence electrons. The molecule has 0 fully saturated rings. The molecule has 1 unspecified atom stereocenters. The first kappa shape index (κ1) is 15.9. The maximum absolute atomic E-state index is 12.0. The summed E-state index contributed by atoms with van der Waals surface area (Å²) in [5.74, 6) is -0.177. The third-order valence-electron chi connectivity index (χ3n) is 2.80. The Morgan fingerprint density at radius 1 is 1.47 bits per heavy atom. The van der Waals surface area contributed by atoms with Crippen molar-refractivity contribution < 1.29 is 4.79 Å². The first-order chi connectivity index (χ1) is 8.53. The van der Waals surface area contributed by atoms with Crippen molar-refractivity contribution in [3.63, 3.8) is 0 Å². The number of thiazole rings is 1. The third-order valence-corrected chi connectivity index (χ3v) is 3.75. The van der Waals surface area contributed by atoms with E-state index in [0.717, 1.165) is 16.6 Å². The van der Waals surface area contributed by atoms with Crippen LogP contribution in [0.2, 0.25) is 0 Å². The number of anilines is 1. The van der Waals surface area contributed by atoms with Crippen molar-refractivity contribution in [2.45, 2.75) is 32.2 Å². The van der Waals surface area contributed by atoms with Gasteiger partial charge in [-0.25, -0.2) is 4.98 Å². The number of fused-ring (bicyclic) bond motifs is 1. The minimum Gasteiger partial charge on any atom is -0.318 e. The molecule has 0 aliphatic heterocycles. The number of amides is 1. The zero-order chi connectivity index (χ0) is 13.2. The average Bonchev–Trinajstić information content (AvgIpc) is 2.70. The van der Waals surface area contributed by atoms with Gasteiger partial charge in [0.2, 0.25) is 5.91 Å². The van der Waals surface area contributed by atoms with Gasteiger partial charge in [-0.05, 0) is 25.5 Å². The zero-order valence-electron chi connectivity index (χ0n) is 11.0. The van der Waals surface area contributed by atoms with Crippen LogP contribution in [-0.4, -0.2) is 16.4 Å². The number of hydrogen-bond donors (Lipinski definition) is 2. The SMILES string of the molecule is CCCC(C)(N)C(=O)Nc1nc2ccccc2s1.Cl. The predicted molar refractivity (Wildman–Crippen MR) is 83.0 cm³/mol. The molecule has 0 spiro atoms. The van der Waals surface area contributed by atoms with Crippen LogP contribution in [0.25, 0.3) is 10.2 Å². The van der Waals surface area contributed by atoms with Gasteiger partial charge in [-0.15, -0.1) is 12.4 Å². The number of benzene rings is 1. The first-order valence-corrected chi connectivity index (χ1v) is 6.80. The topological polar surface area (TPSA) is 68.0 Å². The molecule has 2 aromatic rings.